The molecule has 118 valence electrons. The first kappa shape index (κ1) is 14.2. The van der Waals surface area contributed by atoms with Crippen molar-refractivity contribution < 1.29 is 13.2 Å². The summed E-state index contributed by atoms with van der Waals surface area (Å²) >= 11 is 0. The molecule has 4 rings (SSSR count). The van der Waals surface area contributed by atoms with Crippen LogP contribution in [0, 0.1) is 11.8 Å². The Morgan fingerprint density at radius 2 is 1.86 bits per heavy atom. The fraction of sp³-hybridized carbons (Fsp3) is 0.533. The number of carbonyl (C=O) groups is 1. The van der Waals surface area contributed by atoms with Gasteiger partial charge in [-0.05, 0) is 49.0 Å². The van der Waals surface area contributed by atoms with Crippen LogP contribution < -0.4 is 10.6 Å². The molecule has 3 heterocycles. The second-order valence-corrected chi connectivity index (χ2v) is 8.26. The molecule has 0 aromatic heterocycles. The molecular formula is C15H19N3O3S. The lowest BCUT2D eigenvalue weighted by Gasteiger charge is -2.20. The van der Waals surface area contributed by atoms with Crippen LogP contribution in [0.25, 0.3) is 0 Å². The fourth-order valence-corrected chi connectivity index (χ4v) is 5.29. The van der Waals surface area contributed by atoms with E-state index in [0.29, 0.717) is 37.0 Å². The minimum atomic E-state index is -3.51. The first-order valence-electron chi connectivity index (χ1n) is 7.68. The van der Waals surface area contributed by atoms with E-state index in [0.717, 1.165) is 25.1 Å². The van der Waals surface area contributed by atoms with E-state index < -0.39 is 10.0 Å². The van der Waals surface area contributed by atoms with Crippen LogP contribution >= 0.6 is 0 Å². The van der Waals surface area contributed by atoms with E-state index in [-0.39, 0.29) is 10.8 Å². The molecule has 0 radical (unpaired) electrons. The Morgan fingerprint density at radius 1 is 1.14 bits per heavy atom. The molecule has 0 aliphatic carbocycles. The standard InChI is InChI=1S/C15H19N3O3S/c19-15-14-5-13(2-1-10(14)3-4-17-15)22(20,21)18-8-11-6-16-7-12(11)9-18/h1-2,5,11-12,16H,3-4,6-9H2,(H,17,19)/t11-,12+. The molecule has 0 spiro atoms. The highest BCUT2D eigenvalue weighted by Gasteiger charge is 2.41. The zero-order chi connectivity index (χ0) is 15.3. The van der Waals surface area contributed by atoms with Gasteiger partial charge in [0.15, 0.2) is 0 Å². The number of sulfonamides is 1. The van der Waals surface area contributed by atoms with Crippen molar-refractivity contribution in [3.63, 3.8) is 0 Å². The van der Waals surface area contributed by atoms with E-state index in [1.54, 1.807) is 16.4 Å². The maximum absolute atomic E-state index is 12.8. The molecule has 1 aromatic rings. The van der Waals surface area contributed by atoms with Gasteiger partial charge >= 0.3 is 0 Å². The summed E-state index contributed by atoms with van der Waals surface area (Å²) in [6.45, 7) is 3.54. The number of fused-ring (bicyclic) bond motifs is 2. The topological polar surface area (TPSA) is 78.5 Å². The Morgan fingerprint density at radius 3 is 2.59 bits per heavy atom. The van der Waals surface area contributed by atoms with Crippen LogP contribution in [0.5, 0.6) is 0 Å². The Bertz CT molecular complexity index is 720. The van der Waals surface area contributed by atoms with E-state index >= 15 is 0 Å². The van der Waals surface area contributed by atoms with Gasteiger partial charge in [-0.2, -0.15) is 4.31 Å². The van der Waals surface area contributed by atoms with Crippen molar-refractivity contribution in [1.82, 2.24) is 14.9 Å². The Hall–Kier alpha value is -1.44. The second-order valence-electron chi connectivity index (χ2n) is 6.33. The highest BCUT2D eigenvalue weighted by Crippen LogP contribution is 2.31. The molecule has 2 N–H and O–H groups in total. The van der Waals surface area contributed by atoms with Crippen molar-refractivity contribution in [1.29, 1.82) is 0 Å². The quantitative estimate of drug-likeness (QED) is 0.792. The van der Waals surface area contributed by atoms with Crippen LogP contribution in [0.2, 0.25) is 0 Å². The van der Waals surface area contributed by atoms with Gasteiger partial charge in [0, 0.05) is 25.2 Å². The van der Waals surface area contributed by atoms with Crippen LogP contribution in [-0.4, -0.2) is 51.4 Å². The largest absolute Gasteiger partial charge is 0.352 e. The third-order valence-electron chi connectivity index (χ3n) is 5.00. The van der Waals surface area contributed by atoms with Gasteiger partial charge in [0.25, 0.3) is 5.91 Å². The summed E-state index contributed by atoms with van der Waals surface area (Å²) in [5, 5.41) is 6.07. The predicted molar refractivity (Wildman–Crippen MR) is 81.1 cm³/mol. The summed E-state index contributed by atoms with van der Waals surface area (Å²) in [6.07, 6.45) is 0.751. The average molecular weight is 321 g/mol. The van der Waals surface area contributed by atoms with Crippen LogP contribution in [0.3, 0.4) is 0 Å². The van der Waals surface area contributed by atoms with Crippen molar-refractivity contribution >= 4 is 15.9 Å². The number of nitrogens with zero attached hydrogens (tertiary/aromatic N) is 1. The number of hydrogen-bond acceptors (Lipinski definition) is 4. The molecule has 22 heavy (non-hydrogen) atoms. The molecule has 1 aromatic carbocycles. The Labute approximate surface area is 129 Å². The maximum Gasteiger partial charge on any atom is 0.251 e. The molecular weight excluding hydrogens is 302 g/mol. The van der Waals surface area contributed by atoms with Crippen LogP contribution in [-0.2, 0) is 16.4 Å². The first-order chi connectivity index (χ1) is 10.6. The van der Waals surface area contributed by atoms with Gasteiger partial charge < -0.3 is 10.6 Å². The van der Waals surface area contributed by atoms with Gasteiger partial charge in [-0.1, -0.05) is 6.07 Å². The van der Waals surface area contributed by atoms with E-state index in [9.17, 15) is 13.2 Å². The number of amides is 1. The molecule has 2 atom stereocenters. The number of rotatable bonds is 2. The smallest absolute Gasteiger partial charge is 0.251 e. The molecule has 2 saturated heterocycles. The Kier molecular flexibility index (Phi) is 3.25. The average Bonchev–Trinajstić information content (AvgIpc) is 3.09. The molecule has 2 fully saturated rings. The minimum absolute atomic E-state index is 0.180. The highest BCUT2D eigenvalue weighted by atomic mass is 32.2. The van der Waals surface area contributed by atoms with E-state index in [4.69, 9.17) is 0 Å². The minimum Gasteiger partial charge on any atom is -0.352 e. The van der Waals surface area contributed by atoms with E-state index in [1.165, 1.54) is 6.07 Å². The molecule has 3 aliphatic rings. The van der Waals surface area contributed by atoms with Crippen molar-refractivity contribution in [3.8, 4) is 0 Å². The number of hydrogen-bond donors (Lipinski definition) is 2. The van der Waals surface area contributed by atoms with Crippen LogP contribution in [0.15, 0.2) is 23.1 Å². The molecule has 0 bridgehead atoms. The molecule has 7 heteroatoms. The second kappa shape index (κ2) is 5.04. The number of nitrogens with one attached hydrogen (secondary N) is 2. The SMILES string of the molecule is O=C1NCCc2ccc(S(=O)(=O)N3C[C@H]4CNC[C@H]4C3)cc21. The molecule has 0 saturated carbocycles. The third-order valence-corrected chi connectivity index (χ3v) is 6.83. The normalized spacial score (nSPS) is 28.3. The molecule has 1 amide bonds. The molecule has 3 aliphatic heterocycles. The van der Waals surface area contributed by atoms with Crippen LogP contribution in [0.4, 0.5) is 0 Å². The van der Waals surface area contributed by atoms with Gasteiger partial charge in [-0.3, -0.25) is 4.79 Å². The van der Waals surface area contributed by atoms with Crippen LogP contribution in [0.1, 0.15) is 15.9 Å². The maximum atomic E-state index is 12.8. The summed E-state index contributed by atoms with van der Waals surface area (Å²) in [5.74, 6) is 0.646. The summed E-state index contributed by atoms with van der Waals surface area (Å²) < 4.78 is 27.2. The van der Waals surface area contributed by atoms with Gasteiger partial charge in [-0.25, -0.2) is 8.42 Å². The first-order valence-corrected chi connectivity index (χ1v) is 9.12. The van der Waals surface area contributed by atoms with Crippen molar-refractivity contribution in [2.24, 2.45) is 11.8 Å². The van der Waals surface area contributed by atoms with Crippen molar-refractivity contribution in [2.45, 2.75) is 11.3 Å². The summed E-state index contributed by atoms with van der Waals surface area (Å²) in [5.41, 5.74) is 1.42. The van der Waals surface area contributed by atoms with Crippen molar-refractivity contribution in [3.05, 3.63) is 29.3 Å². The van der Waals surface area contributed by atoms with Crippen molar-refractivity contribution in [2.75, 3.05) is 32.7 Å². The number of carbonyl (C=O) groups excluding carboxylic acids is 1. The fourth-order valence-electron chi connectivity index (χ4n) is 3.71. The van der Waals surface area contributed by atoms with E-state index in [1.807, 2.05) is 0 Å². The summed E-state index contributed by atoms with van der Waals surface area (Å²) in [4.78, 5) is 12.2. The third kappa shape index (κ3) is 2.15. The monoisotopic (exact) mass is 321 g/mol. The lowest BCUT2D eigenvalue weighted by atomic mass is 10.0. The highest BCUT2D eigenvalue weighted by molar-refractivity contribution is 7.89. The number of benzene rings is 1. The van der Waals surface area contributed by atoms with Gasteiger partial charge in [0.2, 0.25) is 10.0 Å². The lowest BCUT2D eigenvalue weighted by molar-refractivity contribution is 0.0945. The zero-order valence-electron chi connectivity index (χ0n) is 12.2. The molecule has 0 unspecified atom stereocenters. The molecule has 6 nitrogen and oxygen atoms in total. The zero-order valence-corrected chi connectivity index (χ0v) is 13.0. The van der Waals surface area contributed by atoms with Gasteiger partial charge in [0.05, 0.1) is 4.90 Å². The lowest BCUT2D eigenvalue weighted by Crippen LogP contribution is -2.34. The summed E-state index contributed by atoms with van der Waals surface area (Å²) in [6, 6.07) is 4.95. The Balaban J connectivity index is 1.66. The van der Waals surface area contributed by atoms with E-state index in [2.05, 4.69) is 10.6 Å². The summed E-state index contributed by atoms with van der Waals surface area (Å²) in [7, 11) is -3.51. The van der Waals surface area contributed by atoms with Gasteiger partial charge in [-0.15, -0.1) is 0 Å². The van der Waals surface area contributed by atoms with Gasteiger partial charge in [0.1, 0.15) is 0 Å². The predicted octanol–water partition coefficient (Wildman–Crippen LogP) is -0.188.